The number of aromatic nitrogens is 2. The Kier molecular flexibility index (Phi) is 2.03. The molecule has 1 unspecified atom stereocenters. The Morgan fingerprint density at radius 2 is 2.33 bits per heavy atom. The molecule has 2 heterocycles. The fourth-order valence-electron chi connectivity index (χ4n) is 1.89. The summed E-state index contributed by atoms with van der Waals surface area (Å²) >= 11 is 0. The van der Waals surface area contributed by atoms with Crippen LogP contribution in [-0.2, 0) is 16.7 Å². The van der Waals surface area contributed by atoms with E-state index in [1.54, 1.807) is 0 Å². The summed E-state index contributed by atoms with van der Waals surface area (Å²) in [5.41, 5.74) is 5.66. The maximum Gasteiger partial charge on any atom is 0.246 e. The lowest BCUT2D eigenvalue weighted by atomic mass is 10.1. The Bertz CT molecular complexity index is 353. The van der Waals surface area contributed by atoms with Gasteiger partial charge in [0.2, 0.25) is 5.89 Å². The first-order valence-electron chi connectivity index (χ1n) is 5.46. The first-order chi connectivity index (χ1) is 7.26. The van der Waals surface area contributed by atoms with Crippen molar-refractivity contribution in [1.82, 2.24) is 10.1 Å². The second-order valence-electron chi connectivity index (χ2n) is 4.61. The lowest BCUT2D eigenvalue weighted by Crippen LogP contribution is -2.19. The Balaban J connectivity index is 1.68. The van der Waals surface area contributed by atoms with E-state index in [9.17, 15) is 0 Å². The second-order valence-corrected chi connectivity index (χ2v) is 4.61. The average molecular weight is 209 g/mol. The van der Waals surface area contributed by atoms with E-state index in [0.717, 1.165) is 44.7 Å². The summed E-state index contributed by atoms with van der Waals surface area (Å²) in [7, 11) is 0. The fourth-order valence-corrected chi connectivity index (χ4v) is 1.89. The first kappa shape index (κ1) is 9.30. The van der Waals surface area contributed by atoms with Crippen molar-refractivity contribution >= 4 is 0 Å². The zero-order chi connectivity index (χ0) is 10.3. The molecule has 1 aromatic heterocycles. The predicted octanol–water partition coefficient (Wildman–Crippen LogP) is 0.596. The minimum Gasteiger partial charge on any atom is -0.381 e. The second kappa shape index (κ2) is 3.28. The first-order valence-corrected chi connectivity index (χ1v) is 5.46. The van der Waals surface area contributed by atoms with E-state index in [-0.39, 0.29) is 5.54 Å². The summed E-state index contributed by atoms with van der Waals surface area (Å²) < 4.78 is 10.5. The Morgan fingerprint density at radius 3 is 3.00 bits per heavy atom. The van der Waals surface area contributed by atoms with Crippen molar-refractivity contribution in [3.05, 3.63) is 11.7 Å². The maximum atomic E-state index is 5.97. The van der Waals surface area contributed by atoms with Crippen molar-refractivity contribution in [1.29, 1.82) is 0 Å². The van der Waals surface area contributed by atoms with Gasteiger partial charge in [0, 0.05) is 19.6 Å². The molecule has 5 heteroatoms. The smallest absolute Gasteiger partial charge is 0.246 e. The van der Waals surface area contributed by atoms with E-state index in [1.807, 2.05) is 0 Å². The van der Waals surface area contributed by atoms with Crippen molar-refractivity contribution in [2.75, 3.05) is 13.2 Å². The number of nitrogens with two attached hydrogens (primary N) is 1. The van der Waals surface area contributed by atoms with Gasteiger partial charge in [0.15, 0.2) is 5.82 Å². The highest BCUT2D eigenvalue weighted by atomic mass is 16.5. The normalized spacial score (nSPS) is 28.2. The number of rotatable bonds is 3. The standard InChI is InChI=1S/C10H15N3O2/c11-10(2-3-10)9-12-8(13-15-9)5-7-1-4-14-6-7/h7H,1-6,11H2. The molecule has 2 aliphatic rings. The summed E-state index contributed by atoms with van der Waals surface area (Å²) in [6, 6.07) is 0. The van der Waals surface area contributed by atoms with Gasteiger partial charge in [-0.05, 0) is 25.2 Å². The minimum atomic E-state index is -0.308. The van der Waals surface area contributed by atoms with E-state index in [4.69, 9.17) is 15.0 Å². The summed E-state index contributed by atoms with van der Waals surface area (Å²) in [6.07, 6.45) is 3.86. The molecule has 0 aromatic carbocycles. The third-order valence-electron chi connectivity index (χ3n) is 3.18. The largest absolute Gasteiger partial charge is 0.381 e. The van der Waals surface area contributed by atoms with E-state index in [1.165, 1.54) is 0 Å². The minimum absolute atomic E-state index is 0.308. The van der Waals surface area contributed by atoms with Crippen LogP contribution in [-0.4, -0.2) is 23.4 Å². The van der Waals surface area contributed by atoms with Crippen LogP contribution in [0, 0.1) is 5.92 Å². The predicted molar refractivity (Wildman–Crippen MR) is 52.0 cm³/mol. The zero-order valence-corrected chi connectivity index (χ0v) is 8.61. The number of nitrogens with zero attached hydrogens (tertiary/aromatic N) is 2. The molecule has 5 nitrogen and oxygen atoms in total. The zero-order valence-electron chi connectivity index (χ0n) is 8.61. The molecule has 1 aromatic rings. The molecule has 2 fully saturated rings. The summed E-state index contributed by atoms with van der Waals surface area (Å²) in [4.78, 5) is 4.35. The molecule has 0 spiro atoms. The molecule has 0 bridgehead atoms. The highest BCUT2D eigenvalue weighted by Crippen LogP contribution is 2.41. The molecule has 1 saturated carbocycles. The van der Waals surface area contributed by atoms with Gasteiger partial charge < -0.3 is 15.0 Å². The van der Waals surface area contributed by atoms with Crippen molar-refractivity contribution in [3.8, 4) is 0 Å². The molecular formula is C10H15N3O2. The summed E-state index contributed by atoms with van der Waals surface area (Å²) in [6.45, 7) is 1.67. The molecule has 0 radical (unpaired) electrons. The molecule has 2 N–H and O–H groups in total. The molecular weight excluding hydrogens is 194 g/mol. The van der Waals surface area contributed by atoms with Crippen LogP contribution in [0.2, 0.25) is 0 Å². The topological polar surface area (TPSA) is 74.2 Å². The highest BCUT2D eigenvalue weighted by molar-refractivity contribution is 5.11. The van der Waals surface area contributed by atoms with Gasteiger partial charge in [0.25, 0.3) is 0 Å². The highest BCUT2D eigenvalue weighted by Gasteiger charge is 2.45. The van der Waals surface area contributed by atoms with Gasteiger partial charge in [-0.3, -0.25) is 0 Å². The van der Waals surface area contributed by atoms with Crippen LogP contribution in [0.15, 0.2) is 4.52 Å². The van der Waals surface area contributed by atoms with E-state index in [0.29, 0.717) is 11.8 Å². The van der Waals surface area contributed by atoms with E-state index in [2.05, 4.69) is 10.1 Å². The lowest BCUT2D eigenvalue weighted by molar-refractivity contribution is 0.185. The monoisotopic (exact) mass is 209 g/mol. The molecule has 3 rings (SSSR count). The quantitative estimate of drug-likeness (QED) is 0.788. The summed E-state index contributed by atoms with van der Waals surface area (Å²) in [5, 5.41) is 3.96. The van der Waals surface area contributed by atoms with Gasteiger partial charge in [-0.25, -0.2) is 0 Å². The van der Waals surface area contributed by atoms with Crippen LogP contribution in [0.25, 0.3) is 0 Å². The summed E-state index contributed by atoms with van der Waals surface area (Å²) in [5.74, 6) is 1.93. The third-order valence-corrected chi connectivity index (χ3v) is 3.18. The molecule has 1 atom stereocenters. The van der Waals surface area contributed by atoms with Crippen molar-refractivity contribution in [3.63, 3.8) is 0 Å². The van der Waals surface area contributed by atoms with Gasteiger partial charge in [-0.2, -0.15) is 4.98 Å². The fraction of sp³-hybridized carbons (Fsp3) is 0.800. The SMILES string of the molecule is NC1(c2nc(CC3CCOC3)no2)CC1. The van der Waals surface area contributed by atoms with Gasteiger partial charge in [-0.15, -0.1) is 0 Å². The van der Waals surface area contributed by atoms with Gasteiger partial charge in [0.1, 0.15) is 0 Å². The van der Waals surface area contributed by atoms with Gasteiger partial charge in [0.05, 0.1) is 5.54 Å². The van der Waals surface area contributed by atoms with Gasteiger partial charge in [-0.1, -0.05) is 5.16 Å². The maximum absolute atomic E-state index is 5.97. The molecule has 0 amide bonds. The van der Waals surface area contributed by atoms with Crippen LogP contribution >= 0.6 is 0 Å². The van der Waals surface area contributed by atoms with Crippen molar-refractivity contribution in [2.24, 2.45) is 11.7 Å². The molecule has 1 aliphatic heterocycles. The van der Waals surface area contributed by atoms with Crippen LogP contribution in [0.3, 0.4) is 0 Å². The van der Waals surface area contributed by atoms with Crippen LogP contribution < -0.4 is 5.73 Å². The van der Waals surface area contributed by atoms with Crippen LogP contribution in [0.4, 0.5) is 0 Å². The van der Waals surface area contributed by atoms with Crippen LogP contribution in [0.5, 0.6) is 0 Å². The third kappa shape index (κ3) is 1.77. The molecule has 15 heavy (non-hydrogen) atoms. The number of hydrogen-bond acceptors (Lipinski definition) is 5. The Labute approximate surface area is 88.0 Å². The Morgan fingerprint density at radius 1 is 1.47 bits per heavy atom. The van der Waals surface area contributed by atoms with Crippen LogP contribution in [0.1, 0.15) is 31.0 Å². The Hall–Kier alpha value is -0.940. The van der Waals surface area contributed by atoms with Crippen molar-refractivity contribution in [2.45, 2.75) is 31.2 Å². The molecule has 82 valence electrons. The van der Waals surface area contributed by atoms with E-state index < -0.39 is 0 Å². The molecule has 1 aliphatic carbocycles. The number of hydrogen-bond donors (Lipinski definition) is 1. The average Bonchev–Trinajstić information content (AvgIpc) is 2.75. The van der Waals surface area contributed by atoms with E-state index >= 15 is 0 Å². The lowest BCUT2D eigenvalue weighted by Gasteiger charge is -2.01. The molecule has 1 saturated heterocycles. The van der Waals surface area contributed by atoms with Gasteiger partial charge >= 0.3 is 0 Å². The van der Waals surface area contributed by atoms with Crippen molar-refractivity contribution < 1.29 is 9.26 Å². The number of ether oxygens (including phenoxy) is 1.